The van der Waals surface area contributed by atoms with Gasteiger partial charge in [-0.2, -0.15) is 0 Å². The Hall–Kier alpha value is -3.65. The largest absolute Gasteiger partial charge is 0.507 e. The molecule has 33 heavy (non-hydrogen) atoms. The number of amides is 1. The van der Waals surface area contributed by atoms with Crippen molar-refractivity contribution in [2.24, 2.45) is 0 Å². The number of benzene rings is 3. The Morgan fingerprint density at radius 1 is 0.848 bits per heavy atom. The first kappa shape index (κ1) is 24.0. The molecule has 0 saturated carbocycles. The number of ether oxygens (including phenoxy) is 2. The summed E-state index contributed by atoms with van der Waals surface area (Å²) in [5.41, 5.74) is 1.50. The fourth-order valence-electron chi connectivity index (χ4n) is 2.92. The van der Waals surface area contributed by atoms with Crippen LogP contribution in [0.1, 0.15) is 27.9 Å². The van der Waals surface area contributed by atoms with E-state index in [1.54, 1.807) is 42.5 Å². The molecule has 0 aliphatic heterocycles. The number of phenolic OH excluding ortho intramolecular Hbond substituents is 1. The smallest absolute Gasteiger partial charge is 0.329 e. The highest BCUT2D eigenvalue weighted by Gasteiger charge is 2.27. The predicted molar refractivity (Wildman–Crippen MR) is 124 cm³/mol. The molecule has 0 bridgehead atoms. The zero-order valence-electron chi connectivity index (χ0n) is 17.6. The van der Waals surface area contributed by atoms with Crippen LogP contribution in [0.4, 0.5) is 0 Å². The first-order valence-electron chi connectivity index (χ1n) is 10.1. The summed E-state index contributed by atoms with van der Waals surface area (Å²) in [5.74, 6) is -2.47. The molecular weight excluding hydrogens is 490 g/mol. The molecule has 170 valence electrons. The fraction of sp³-hybridized carbons (Fsp3) is 0.160. The van der Waals surface area contributed by atoms with Gasteiger partial charge in [0.25, 0.3) is 5.91 Å². The maximum absolute atomic E-state index is 12.7. The van der Waals surface area contributed by atoms with Gasteiger partial charge in [-0.3, -0.25) is 9.59 Å². The Labute approximate surface area is 199 Å². The van der Waals surface area contributed by atoms with E-state index in [0.717, 1.165) is 11.1 Å². The third-order valence-electron chi connectivity index (χ3n) is 4.63. The van der Waals surface area contributed by atoms with Crippen molar-refractivity contribution in [3.05, 3.63) is 100 Å². The van der Waals surface area contributed by atoms with E-state index >= 15 is 0 Å². The number of nitrogens with one attached hydrogen (secondary N) is 1. The van der Waals surface area contributed by atoms with E-state index in [4.69, 9.17) is 9.47 Å². The number of hydrogen-bond donors (Lipinski definition) is 2. The minimum Gasteiger partial charge on any atom is -0.507 e. The SMILES string of the molecule is O=C(C[C@H](NC(=O)c1ccc(Br)cc1O)C(=O)OCc1ccccc1)OCc1ccccc1. The Morgan fingerprint density at radius 3 is 2.00 bits per heavy atom. The van der Waals surface area contributed by atoms with Gasteiger partial charge in [-0.05, 0) is 29.3 Å². The number of phenols is 1. The maximum Gasteiger partial charge on any atom is 0.329 e. The molecule has 0 aromatic heterocycles. The molecule has 0 aliphatic rings. The van der Waals surface area contributed by atoms with Crippen molar-refractivity contribution in [3.8, 4) is 5.75 Å². The van der Waals surface area contributed by atoms with Gasteiger partial charge in [-0.25, -0.2) is 4.79 Å². The average Bonchev–Trinajstić information content (AvgIpc) is 2.82. The first-order valence-corrected chi connectivity index (χ1v) is 10.9. The molecule has 1 amide bonds. The molecule has 3 rings (SSSR count). The van der Waals surface area contributed by atoms with Crippen LogP contribution in [0.25, 0.3) is 0 Å². The van der Waals surface area contributed by atoms with Crippen molar-refractivity contribution in [2.75, 3.05) is 0 Å². The fourth-order valence-corrected chi connectivity index (χ4v) is 3.27. The Kier molecular flexibility index (Phi) is 8.60. The second kappa shape index (κ2) is 11.8. The van der Waals surface area contributed by atoms with E-state index in [2.05, 4.69) is 21.2 Å². The van der Waals surface area contributed by atoms with Crippen LogP contribution >= 0.6 is 15.9 Å². The van der Waals surface area contributed by atoms with E-state index in [1.807, 2.05) is 24.3 Å². The molecule has 0 spiro atoms. The van der Waals surface area contributed by atoms with Gasteiger partial charge in [-0.15, -0.1) is 0 Å². The highest BCUT2D eigenvalue weighted by Crippen LogP contribution is 2.22. The summed E-state index contributed by atoms with van der Waals surface area (Å²) in [6.45, 7) is 0.0154. The lowest BCUT2D eigenvalue weighted by Gasteiger charge is -2.18. The summed E-state index contributed by atoms with van der Waals surface area (Å²) in [7, 11) is 0. The summed E-state index contributed by atoms with van der Waals surface area (Å²) < 4.78 is 11.1. The second-order valence-electron chi connectivity index (χ2n) is 7.13. The highest BCUT2D eigenvalue weighted by atomic mass is 79.9. The number of halogens is 1. The lowest BCUT2D eigenvalue weighted by atomic mass is 10.1. The Balaban J connectivity index is 1.68. The first-order chi connectivity index (χ1) is 15.9. The monoisotopic (exact) mass is 511 g/mol. The van der Waals surface area contributed by atoms with Crippen LogP contribution in [0, 0.1) is 0 Å². The molecule has 7 nitrogen and oxygen atoms in total. The van der Waals surface area contributed by atoms with Gasteiger partial charge < -0.3 is 19.9 Å². The zero-order valence-corrected chi connectivity index (χ0v) is 19.2. The zero-order chi connectivity index (χ0) is 23.6. The van der Waals surface area contributed by atoms with Gasteiger partial charge in [0, 0.05) is 4.47 Å². The number of hydrogen-bond acceptors (Lipinski definition) is 6. The van der Waals surface area contributed by atoms with Crippen molar-refractivity contribution in [1.82, 2.24) is 5.32 Å². The Morgan fingerprint density at radius 2 is 1.42 bits per heavy atom. The number of carbonyl (C=O) groups is 3. The van der Waals surface area contributed by atoms with Gasteiger partial charge in [0.2, 0.25) is 0 Å². The van der Waals surface area contributed by atoms with Crippen molar-refractivity contribution in [3.63, 3.8) is 0 Å². The van der Waals surface area contributed by atoms with Crippen LogP contribution in [-0.2, 0) is 32.3 Å². The number of rotatable bonds is 9. The van der Waals surface area contributed by atoms with Gasteiger partial charge in [0.15, 0.2) is 0 Å². The average molecular weight is 512 g/mol. The number of carbonyl (C=O) groups excluding carboxylic acids is 3. The van der Waals surface area contributed by atoms with Crippen LogP contribution in [0.3, 0.4) is 0 Å². The molecule has 0 fully saturated rings. The maximum atomic E-state index is 12.7. The van der Waals surface area contributed by atoms with Crippen LogP contribution < -0.4 is 5.32 Å². The number of aromatic hydroxyl groups is 1. The van der Waals surface area contributed by atoms with Crippen LogP contribution in [0.5, 0.6) is 5.75 Å². The summed E-state index contributed by atoms with van der Waals surface area (Å²) in [6, 6.07) is 21.1. The third kappa shape index (κ3) is 7.47. The van der Waals surface area contributed by atoms with Crippen LogP contribution in [0.15, 0.2) is 83.3 Å². The van der Waals surface area contributed by atoms with Crippen LogP contribution in [-0.4, -0.2) is 29.0 Å². The molecule has 3 aromatic carbocycles. The molecule has 3 aromatic rings. The summed E-state index contributed by atoms with van der Waals surface area (Å²) in [6.07, 6.45) is -0.427. The number of esters is 2. The predicted octanol–water partition coefficient (Wildman–Crippen LogP) is 4.13. The molecule has 0 unspecified atom stereocenters. The third-order valence-corrected chi connectivity index (χ3v) is 5.12. The van der Waals surface area contributed by atoms with Crippen molar-refractivity contribution >= 4 is 33.8 Å². The van der Waals surface area contributed by atoms with E-state index in [0.29, 0.717) is 4.47 Å². The van der Waals surface area contributed by atoms with Gasteiger partial charge >= 0.3 is 11.9 Å². The quantitative estimate of drug-likeness (QED) is 0.418. The molecule has 0 saturated heterocycles. The van der Waals surface area contributed by atoms with E-state index in [9.17, 15) is 19.5 Å². The lowest BCUT2D eigenvalue weighted by Crippen LogP contribution is -2.43. The minimum atomic E-state index is -1.30. The normalized spacial score (nSPS) is 11.3. The Bertz CT molecular complexity index is 1100. The standard InChI is InChI=1S/C25H22BrNO6/c26-19-11-12-20(22(28)13-19)24(30)27-21(25(31)33-16-18-9-5-2-6-10-18)14-23(29)32-15-17-7-3-1-4-8-17/h1-13,21,28H,14-16H2,(H,27,30)/t21-/m0/s1. The molecular formula is C25H22BrNO6. The molecule has 2 N–H and O–H groups in total. The second-order valence-corrected chi connectivity index (χ2v) is 8.05. The van der Waals surface area contributed by atoms with E-state index < -0.39 is 30.3 Å². The topological polar surface area (TPSA) is 102 Å². The van der Waals surface area contributed by atoms with Crippen molar-refractivity contribution in [2.45, 2.75) is 25.7 Å². The molecule has 8 heteroatoms. The molecule has 0 aliphatic carbocycles. The van der Waals surface area contributed by atoms with Crippen molar-refractivity contribution in [1.29, 1.82) is 0 Å². The van der Waals surface area contributed by atoms with Gasteiger partial charge in [0.1, 0.15) is 25.0 Å². The highest BCUT2D eigenvalue weighted by molar-refractivity contribution is 9.10. The lowest BCUT2D eigenvalue weighted by molar-refractivity contribution is -0.153. The molecule has 1 atom stereocenters. The van der Waals surface area contributed by atoms with E-state index in [1.165, 1.54) is 12.1 Å². The summed E-state index contributed by atoms with van der Waals surface area (Å²) >= 11 is 3.20. The van der Waals surface area contributed by atoms with Gasteiger partial charge in [0.05, 0.1) is 12.0 Å². The molecule has 0 heterocycles. The van der Waals surface area contributed by atoms with E-state index in [-0.39, 0.29) is 24.5 Å². The molecule has 0 radical (unpaired) electrons. The summed E-state index contributed by atoms with van der Waals surface area (Å²) in [4.78, 5) is 37.8. The minimum absolute atomic E-state index is 0.0192. The van der Waals surface area contributed by atoms with Crippen LogP contribution in [0.2, 0.25) is 0 Å². The summed E-state index contributed by atoms with van der Waals surface area (Å²) in [5, 5.41) is 12.5. The van der Waals surface area contributed by atoms with Crippen molar-refractivity contribution < 1.29 is 29.0 Å². The van der Waals surface area contributed by atoms with Gasteiger partial charge in [-0.1, -0.05) is 76.6 Å².